The molecule has 12 heteroatoms. The third-order valence-corrected chi connectivity index (χ3v) is 9.27. The number of nitrogen functional groups attached to an aromatic ring is 1. The summed E-state index contributed by atoms with van der Waals surface area (Å²) >= 11 is 0. The Labute approximate surface area is 230 Å². The first-order valence-electron chi connectivity index (χ1n) is 14.0. The predicted molar refractivity (Wildman–Crippen MR) is 145 cm³/mol. The number of nitrogens with one attached hydrogen (secondary N) is 1. The molecule has 1 amide bonds. The highest BCUT2D eigenvalue weighted by Crippen LogP contribution is 2.63. The average Bonchev–Trinajstić information content (AvgIpc) is 3.26. The van der Waals surface area contributed by atoms with Gasteiger partial charge in [0, 0.05) is 43.9 Å². The smallest absolute Gasteiger partial charge is 0.387 e. The number of ether oxygens (including phenoxy) is 1. The molecule has 40 heavy (non-hydrogen) atoms. The normalized spacial score (nSPS) is 23.6. The Morgan fingerprint density at radius 3 is 2.62 bits per heavy atom. The molecule has 4 fully saturated rings. The lowest BCUT2D eigenvalue weighted by Crippen LogP contribution is -2.32. The van der Waals surface area contributed by atoms with Crippen molar-refractivity contribution in [2.45, 2.75) is 38.8 Å². The van der Waals surface area contributed by atoms with Gasteiger partial charge in [0.2, 0.25) is 5.95 Å². The fraction of sp³-hybridized carbons (Fsp3) is 0.571. The molecular weight excluding hydrogens is 518 g/mol. The minimum atomic E-state index is -3.03. The van der Waals surface area contributed by atoms with Gasteiger partial charge in [0.1, 0.15) is 16.8 Å². The quantitative estimate of drug-likeness (QED) is 0.438. The summed E-state index contributed by atoms with van der Waals surface area (Å²) in [5, 5.41) is 7.90. The molecule has 4 aliphatic rings. The van der Waals surface area contributed by atoms with E-state index in [1.807, 2.05) is 4.90 Å². The number of amides is 1. The summed E-state index contributed by atoms with van der Waals surface area (Å²) in [6, 6.07) is 4.77. The van der Waals surface area contributed by atoms with Gasteiger partial charge in [-0.3, -0.25) is 9.48 Å². The summed E-state index contributed by atoms with van der Waals surface area (Å²) in [5.74, 6) is 2.02. The Balaban J connectivity index is 1.12. The number of nitrogens with zero attached hydrogens (tertiary/aromatic N) is 6. The summed E-state index contributed by atoms with van der Waals surface area (Å²) in [7, 11) is 2.09. The number of hydrogen-bond donors (Lipinski definition) is 2. The molecule has 212 valence electrons. The Hall–Kier alpha value is -3.54. The number of anilines is 2. The molecule has 2 atom stereocenters. The van der Waals surface area contributed by atoms with Crippen LogP contribution in [0.3, 0.4) is 0 Å². The minimum Gasteiger partial charge on any atom is -0.434 e. The molecule has 3 N–H and O–H groups in total. The number of nitrogens with two attached hydrogens (primary N) is 1. The molecule has 0 bridgehead atoms. The fourth-order valence-corrected chi connectivity index (χ4v) is 7.16. The van der Waals surface area contributed by atoms with E-state index in [4.69, 9.17) is 10.5 Å². The summed E-state index contributed by atoms with van der Waals surface area (Å²) in [6.45, 7) is 1.19. The van der Waals surface area contributed by atoms with Gasteiger partial charge in [-0.15, -0.1) is 0 Å². The number of aromatic nitrogens is 4. The highest BCUT2D eigenvalue weighted by Gasteiger charge is 2.52. The lowest BCUT2D eigenvalue weighted by molar-refractivity contribution is -0.0505. The molecular formula is C28H34F2N8O2. The molecule has 7 rings (SSSR count). The molecule has 2 aliphatic heterocycles. The van der Waals surface area contributed by atoms with Crippen molar-refractivity contribution in [2.75, 3.05) is 50.8 Å². The Morgan fingerprint density at radius 2 is 1.93 bits per heavy atom. The van der Waals surface area contributed by atoms with Crippen LogP contribution < -0.4 is 15.8 Å². The maximum absolute atomic E-state index is 13.5. The summed E-state index contributed by atoms with van der Waals surface area (Å²) in [4.78, 5) is 26.2. The van der Waals surface area contributed by atoms with Gasteiger partial charge >= 0.3 is 6.61 Å². The maximum atomic E-state index is 13.5. The van der Waals surface area contributed by atoms with E-state index < -0.39 is 6.61 Å². The second-order valence-corrected chi connectivity index (χ2v) is 12.3. The zero-order valence-corrected chi connectivity index (χ0v) is 22.5. The number of hydrogen-bond acceptors (Lipinski definition) is 8. The number of carbonyl (C=O) groups excluding carboxylic acids is 1. The lowest BCUT2D eigenvalue weighted by atomic mass is 9.72. The second kappa shape index (κ2) is 9.53. The molecule has 3 aromatic rings. The van der Waals surface area contributed by atoms with Gasteiger partial charge in [-0.05, 0) is 68.0 Å². The maximum Gasteiger partial charge on any atom is 0.387 e. The van der Waals surface area contributed by atoms with Gasteiger partial charge < -0.3 is 25.6 Å². The van der Waals surface area contributed by atoms with E-state index >= 15 is 0 Å². The molecule has 4 heterocycles. The van der Waals surface area contributed by atoms with Crippen LogP contribution in [0.25, 0.3) is 11.0 Å². The standard InChI is InChI=1S/C28H34F2N8O2/c1-36-11-19-13-37(14-20(19)12-36)25(39)17-2-3-18(22(6-17)40-26(29)30)15-38-23-21(10-33-38)34-27(31)35-24(23)32-9-16-7-28(8-16)4-5-28/h2-3,6,10,16,19-20,26H,4-5,7-9,11-15H2,1H3,(H3,31,32,34,35)/t19-,20+. The molecule has 10 nitrogen and oxygen atoms in total. The van der Waals surface area contributed by atoms with Crippen LogP contribution in [0, 0.1) is 23.2 Å². The van der Waals surface area contributed by atoms with Crippen molar-refractivity contribution in [3.63, 3.8) is 0 Å². The second-order valence-electron chi connectivity index (χ2n) is 12.3. The van der Waals surface area contributed by atoms with Crippen LogP contribution in [0.5, 0.6) is 5.75 Å². The number of benzene rings is 1. The van der Waals surface area contributed by atoms with Gasteiger partial charge in [0.25, 0.3) is 5.91 Å². The Morgan fingerprint density at radius 1 is 1.18 bits per heavy atom. The van der Waals surface area contributed by atoms with E-state index in [-0.39, 0.29) is 24.1 Å². The van der Waals surface area contributed by atoms with E-state index in [2.05, 4.69) is 32.3 Å². The van der Waals surface area contributed by atoms with Crippen LogP contribution in [-0.2, 0) is 6.54 Å². The lowest BCUT2D eigenvalue weighted by Gasteiger charge is -2.36. The van der Waals surface area contributed by atoms with Crippen LogP contribution in [0.2, 0.25) is 0 Å². The molecule has 0 unspecified atom stereocenters. The van der Waals surface area contributed by atoms with E-state index in [1.165, 1.54) is 31.7 Å². The summed E-state index contributed by atoms with van der Waals surface area (Å²) < 4.78 is 33.5. The van der Waals surface area contributed by atoms with Crippen molar-refractivity contribution in [2.24, 2.45) is 23.2 Å². The number of likely N-dealkylation sites (tertiary alicyclic amines) is 2. The largest absolute Gasteiger partial charge is 0.434 e. The number of fused-ring (bicyclic) bond motifs is 2. The van der Waals surface area contributed by atoms with Crippen molar-refractivity contribution in [3.8, 4) is 5.75 Å². The molecule has 2 aliphatic carbocycles. The summed E-state index contributed by atoms with van der Waals surface area (Å²) in [5.41, 5.74) is 8.59. The zero-order chi connectivity index (χ0) is 27.6. The van der Waals surface area contributed by atoms with Crippen molar-refractivity contribution in [3.05, 3.63) is 35.5 Å². The van der Waals surface area contributed by atoms with Crippen molar-refractivity contribution in [1.29, 1.82) is 0 Å². The Bertz CT molecular complexity index is 1440. The summed E-state index contributed by atoms with van der Waals surface area (Å²) in [6.07, 6.45) is 6.74. The first-order valence-corrected chi connectivity index (χ1v) is 14.0. The van der Waals surface area contributed by atoms with E-state index in [0.717, 1.165) is 19.6 Å². The van der Waals surface area contributed by atoms with Crippen molar-refractivity contribution < 1.29 is 18.3 Å². The van der Waals surface area contributed by atoms with Gasteiger partial charge in [-0.1, -0.05) is 6.07 Å². The van der Waals surface area contributed by atoms with Crippen LogP contribution in [0.15, 0.2) is 24.4 Å². The highest BCUT2D eigenvalue weighted by atomic mass is 19.3. The number of rotatable bonds is 8. The van der Waals surface area contributed by atoms with Crippen LogP contribution in [0.1, 0.15) is 41.6 Å². The van der Waals surface area contributed by atoms with E-state index in [9.17, 15) is 13.6 Å². The van der Waals surface area contributed by atoms with E-state index in [1.54, 1.807) is 23.0 Å². The monoisotopic (exact) mass is 552 g/mol. The molecule has 1 aromatic carbocycles. The van der Waals surface area contributed by atoms with Gasteiger partial charge in [0.15, 0.2) is 5.82 Å². The first kappa shape index (κ1) is 25.4. The molecule has 2 saturated heterocycles. The SMILES string of the molecule is CN1C[C@@H]2CN(C(=O)c3ccc(Cn4ncc5nc(N)nc(NCC6CC7(CC7)C6)c54)c(OC(F)F)c3)C[C@@H]2C1. The number of carbonyl (C=O) groups is 1. The number of alkyl halides is 2. The molecule has 0 radical (unpaired) electrons. The van der Waals surface area contributed by atoms with E-state index in [0.29, 0.717) is 64.2 Å². The fourth-order valence-electron chi connectivity index (χ4n) is 7.16. The molecule has 1 spiro atoms. The highest BCUT2D eigenvalue weighted by molar-refractivity contribution is 5.95. The molecule has 2 saturated carbocycles. The number of halogens is 2. The van der Waals surface area contributed by atoms with Crippen LogP contribution in [0.4, 0.5) is 20.5 Å². The third-order valence-electron chi connectivity index (χ3n) is 9.27. The van der Waals surface area contributed by atoms with Crippen LogP contribution in [-0.4, -0.2) is 81.8 Å². The minimum absolute atomic E-state index is 0.0429. The van der Waals surface area contributed by atoms with Crippen molar-refractivity contribution in [1.82, 2.24) is 29.5 Å². The third kappa shape index (κ3) is 4.71. The van der Waals surface area contributed by atoms with Gasteiger partial charge in [0.05, 0.1) is 12.7 Å². The topological polar surface area (TPSA) is 114 Å². The van der Waals surface area contributed by atoms with Crippen molar-refractivity contribution >= 4 is 28.7 Å². The molecule has 2 aromatic heterocycles. The van der Waals surface area contributed by atoms with Gasteiger partial charge in [-0.25, -0.2) is 4.98 Å². The average molecular weight is 553 g/mol. The zero-order valence-electron chi connectivity index (χ0n) is 22.5. The van der Waals surface area contributed by atoms with Gasteiger partial charge in [-0.2, -0.15) is 18.9 Å². The van der Waals surface area contributed by atoms with Crippen LogP contribution >= 0.6 is 0 Å². The Kier molecular flexibility index (Phi) is 6.06. The predicted octanol–water partition coefficient (Wildman–Crippen LogP) is 3.29. The first-order chi connectivity index (χ1) is 19.2.